The normalized spacial score (nSPS) is 12.5. The number of nitrogens with two attached hydrogens (primary N) is 1. The summed E-state index contributed by atoms with van der Waals surface area (Å²) >= 11 is 0. The van der Waals surface area contributed by atoms with E-state index in [1.165, 1.54) is 5.56 Å². The third-order valence-electron chi connectivity index (χ3n) is 2.96. The third kappa shape index (κ3) is 2.53. The number of benzene rings is 1. The Balaban J connectivity index is 2.41. The third-order valence-corrected chi connectivity index (χ3v) is 2.96. The van der Waals surface area contributed by atoms with Gasteiger partial charge in [0.1, 0.15) is 0 Å². The highest BCUT2D eigenvalue weighted by Crippen LogP contribution is 2.21. The van der Waals surface area contributed by atoms with Crippen LogP contribution in [0.3, 0.4) is 0 Å². The summed E-state index contributed by atoms with van der Waals surface area (Å²) in [5.41, 5.74) is 11.4. The fraction of sp³-hybridized carbons (Fsp3) is 0.267. The van der Waals surface area contributed by atoms with E-state index in [0.717, 1.165) is 22.5 Å². The van der Waals surface area contributed by atoms with Crippen LogP contribution in [0.4, 0.5) is 0 Å². The molecular formula is C15H18N2. The maximum absolute atomic E-state index is 5.88. The van der Waals surface area contributed by atoms with Gasteiger partial charge in [-0.25, -0.2) is 0 Å². The highest BCUT2D eigenvalue weighted by atomic mass is 14.7. The summed E-state index contributed by atoms with van der Waals surface area (Å²) in [5, 5.41) is 0. The molecule has 0 bridgehead atoms. The van der Waals surface area contributed by atoms with Gasteiger partial charge >= 0.3 is 0 Å². The summed E-state index contributed by atoms with van der Waals surface area (Å²) in [5.74, 6) is 0. The van der Waals surface area contributed by atoms with Gasteiger partial charge in [0.15, 0.2) is 0 Å². The Bertz CT molecular complexity index is 513. The largest absolute Gasteiger partial charge is 0.324 e. The van der Waals surface area contributed by atoms with Crippen molar-refractivity contribution in [2.45, 2.75) is 26.8 Å². The van der Waals surface area contributed by atoms with Gasteiger partial charge in [0, 0.05) is 17.3 Å². The van der Waals surface area contributed by atoms with E-state index < -0.39 is 0 Å². The molecule has 0 saturated carbocycles. The van der Waals surface area contributed by atoms with E-state index in [2.05, 4.69) is 42.2 Å². The number of rotatable bonds is 2. The molecule has 0 aliphatic rings. The Morgan fingerprint density at radius 2 is 1.65 bits per heavy atom. The molecule has 1 aromatic heterocycles. The molecule has 2 nitrogen and oxygen atoms in total. The molecule has 0 aliphatic heterocycles. The lowest BCUT2D eigenvalue weighted by Crippen LogP contribution is -2.08. The zero-order valence-corrected chi connectivity index (χ0v) is 10.6. The number of aromatic nitrogens is 1. The van der Waals surface area contributed by atoms with Crippen molar-refractivity contribution in [2.24, 2.45) is 5.73 Å². The highest BCUT2D eigenvalue weighted by Gasteiger charge is 2.06. The van der Waals surface area contributed by atoms with Gasteiger partial charge in [0.05, 0.1) is 5.69 Å². The Hall–Kier alpha value is -1.67. The molecule has 1 aromatic carbocycles. The van der Waals surface area contributed by atoms with Crippen molar-refractivity contribution in [3.8, 4) is 11.3 Å². The smallest absolute Gasteiger partial charge is 0.0705 e. The zero-order valence-electron chi connectivity index (χ0n) is 10.6. The van der Waals surface area contributed by atoms with E-state index in [1.807, 2.05) is 19.9 Å². The quantitative estimate of drug-likeness (QED) is 0.852. The minimum absolute atomic E-state index is 0.0366. The van der Waals surface area contributed by atoms with Crippen molar-refractivity contribution < 1.29 is 0 Å². The molecule has 2 N–H and O–H groups in total. The molecule has 2 rings (SSSR count). The van der Waals surface area contributed by atoms with Gasteiger partial charge in [0.25, 0.3) is 0 Å². The zero-order chi connectivity index (χ0) is 12.4. The van der Waals surface area contributed by atoms with E-state index in [4.69, 9.17) is 5.73 Å². The summed E-state index contributed by atoms with van der Waals surface area (Å²) in [4.78, 5) is 4.61. The van der Waals surface area contributed by atoms with Gasteiger partial charge in [-0.15, -0.1) is 0 Å². The molecule has 2 heteroatoms. The van der Waals surface area contributed by atoms with E-state index in [0.29, 0.717) is 0 Å². The number of nitrogens with zero attached hydrogens (tertiary/aromatic N) is 1. The van der Waals surface area contributed by atoms with Crippen LogP contribution in [-0.4, -0.2) is 4.98 Å². The van der Waals surface area contributed by atoms with Crippen molar-refractivity contribution in [3.05, 3.63) is 53.2 Å². The maximum atomic E-state index is 5.88. The van der Waals surface area contributed by atoms with Gasteiger partial charge in [-0.3, -0.25) is 4.98 Å². The van der Waals surface area contributed by atoms with Crippen LogP contribution in [0.1, 0.15) is 29.8 Å². The van der Waals surface area contributed by atoms with Crippen LogP contribution in [0, 0.1) is 13.8 Å². The number of aryl methyl sites for hydroxylation is 2. The van der Waals surface area contributed by atoms with Crippen LogP contribution >= 0.6 is 0 Å². The number of hydrogen-bond donors (Lipinski definition) is 1. The first kappa shape index (κ1) is 11.8. The second kappa shape index (κ2) is 4.68. The lowest BCUT2D eigenvalue weighted by atomic mass is 10.0. The van der Waals surface area contributed by atoms with Crippen LogP contribution < -0.4 is 5.73 Å². The van der Waals surface area contributed by atoms with Gasteiger partial charge < -0.3 is 5.73 Å². The molecule has 2 aromatic rings. The predicted octanol–water partition coefficient (Wildman–Crippen LogP) is 3.39. The molecule has 0 saturated heterocycles. The predicted molar refractivity (Wildman–Crippen MR) is 71.7 cm³/mol. The van der Waals surface area contributed by atoms with E-state index in [1.54, 1.807) is 0 Å². The molecule has 17 heavy (non-hydrogen) atoms. The average molecular weight is 226 g/mol. The van der Waals surface area contributed by atoms with Crippen LogP contribution in [0.2, 0.25) is 0 Å². The Morgan fingerprint density at radius 3 is 2.18 bits per heavy atom. The first-order valence-corrected chi connectivity index (χ1v) is 5.88. The van der Waals surface area contributed by atoms with Crippen LogP contribution in [-0.2, 0) is 0 Å². The molecule has 1 atom stereocenters. The van der Waals surface area contributed by atoms with E-state index in [9.17, 15) is 0 Å². The van der Waals surface area contributed by atoms with Gasteiger partial charge in [-0.05, 0) is 32.4 Å². The van der Waals surface area contributed by atoms with Crippen LogP contribution in [0.25, 0.3) is 11.3 Å². The molecule has 1 unspecified atom stereocenters. The molecule has 0 spiro atoms. The summed E-state index contributed by atoms with van der Waals surface area (Å²) < 4.78 is 0. The molecule has 0 aliphatic carbocycles. The van der Waals surface area contributed by atoms with Crippen molar-refractivity contribution in [1.29, 1.82) is 0 Å². The Morgan fingerprint density at radius 1 is 1.00 bits per heavy atom. The van der Waals surface area contributed by atoms with E-state index in [-0.39, 0.29) is 6.04 Å². The Kier molecular flexibility index (Phi) is 3.25. The lowest BCUT2D eigenvalue weighted by molar-refractivity contribution is 0.800. The summed E-state index contributed by atoms with van der Waals surface area (Å²) in [6.45, 7) is 6.08. The minimum atomic E-state index is 0.0366. The second-order valence-electron chi connectivity index (χ2n) is 4.53. The van der Waals surface area contributed by atoms with Crippen LogP contribution in [0.5, 0.6) is 0 Å². The van der Waals surface area contributed by atoms with Crippen molar-refractivity contribution in [3.63, 3.8) is 0 Å². The van der Waals surface area contributed by atoms with Crippen molar-refractivity contribution in [1.82, 2.24) is 4.98 Å². The highest BCUT2D eigenvalue weighted by molar-refractivity contribution is 5.60. The first-order valence-electron chi connectivity index (χ1n) is 5.88. The summed E-state index contributed by atoms with van der Waals surface area (Å²) in [6.07, 6.45) is 0. The fourth-order valence-corrected chi connectivity index (χ4v) is 1.94. The number of hydrogen-bond acceptors (Lipinski definition) is 2. The second-order valence-corrected chi connectivity index (χ2v) is 4.53. The van der Waals surface area contributed by atoms with Crippen LogP contribution in [0.15, 0.2) is 36.4 Å². The first-order chi connectivity index (χ1) is 8.08. The van der Waals surface area contributed by atoms with Gasteiger partial charge in [0.2, 0.25) is 0 Å². The van der Waals surface area contributed by atoms with Gasteiger partial charge in [-0.1, -0.05) is 35.9 Å². The molecule has 0 radical (unpaired) electrons. The summed E-state index contributed by atoms with van der Waals surface area (Å²) in [6, 6.07) is 12.6. The van der Waals surface area contributed by atoms with Crippen molar-refractivity contribution >= 4 is 0 Å². The fourth-order valence-electron chi connectivity index (χ4n) is 1.94. The average Bonchev–Trinajstić information content (AvgIpc) is 2.29. The summed E-state index contributed by atoms with van der Waals surface area (Å²) in [7, 11) is 0. The van der Waals surface area contributed by atoms with Crippen molar-refractivity contribution in [2.75, 3.05) is 0 Å². The Labute approximate surface area is 103 Å². The molecular weight excluding hydrogens is 208 g/mol. The SMILES string of the molecule is Cc1ccc(-c2ccc(C(C)N)c(C)n2)cc1. The lowest BCUT2D eigenvalue weighted by Gasteiger charge is -2.10. The molecule has 1 heterocycles. The molecule has 88 valence electrons. The van der Waals surface area contributed by atoms with E-state index >= 15 is 0 Å². The maximum Gasteiger partial charge on any atom is 0.0705 e. The minimum Gasteiger partial charge on any atom is -0.324 e. The monoisotopic (exact) mass is 226 g/mol. The van der Waals surface area contributed by atoms with Gasteiger partial charge in [-0.2, -0.15) is 0 Å². The molecule has 0 fully saturated rings. The topological polar surface area (TPSA) is 38.9 Å². The standard InChI is InChI=1S/C15H18N2/c1-10-4-6-13(7-5-10)15-9-8-14(11(2)16)12(3)17-15/h4-9,11H,16H2,1-3H3. The number of pyridine rings is 1. The molecule has 0 amide bonds.